The molecule has 2 unspecified atom stereocenters. The maximum absolute atomic E-state index is 6.06. The molecule has 0 saturated heterocycles. The summed E-state index contributed by atoms with van der Waals surface area (Å²) in [6.45, 7) is 1.98. The summed E-state index contributed by atoms with van der Waals surface area (Å²) in [6.07, 6.45) is 10.1. The first-order valence-electron chi connectivity index (χ1n) is 7.21. The van der Waals surface area contributed by atoms with Gasteiger partial charge in [-0.25, -0.2) is 9.97 Å². The van der Waals surface area contributed by atoms with Crippen molar-refractivity contribution in [2.45, 2.75) is 44.7 Å². The number of hydrogen-bond donors (Lipinski definition) is 2. The summed E-state index contributed by atoms with van der Waals surface area (Å²) in [7, 11) is 0. The average Bonchev–Trinajstić information content (AvgIpc) is 2.86. The molecule has 5 heteroatoms. The minimum absolute atomic E-state index is 0.316. The van der Waals surface area contributed by atoms with E-state index >= 15 is 0 Å². The number of nitrogens with one attached hydrogen (secondary N) is 1. The van der Waals surface area contributed by atoms with Crippen LogP contribution >= 0.6 is 0 Å². The summed E-state index contributed by atoms with van der Waals surface area (Å²) in [5.74, 6) is 1.84. The molecule has 3 rings (SSSR count). The van der Waals surface area contributed by atoms with Crippen LogP contribution in [0, 0.1) is 6.92 Å². The van der Waals surface area contributed by atoms with Crippen LogP contribution in [-0.4, -0.2) is 26.6 Å². The number of imidazole rings is 1. The summed E-state index contributed by atoms with van der Waals surface area (Å²) < 4.78 is 2.01. The molecule has 2 aromatic rings. The molecule has 106 valence electrons. The Morgan fingerprint density at radius 1 is 1.30 bits per heavy atom. The van der Waals surface area contributed by atoms with Crippen molar-refractivity contribution in [3.8, 4) is 5.82 Å². The third-order valence-corrected chi connectivity index (χ3v) is 3.92. The van der Waals surface area contributed by atoms with Crippen molar-refractivity contribution < 1.29 is 0 Å². The number of rotatable bonds is 3. The topological polar surface area (TPSA) is 68.8 Å². The van der Waals surface area contributed by atoms with Gasteiger partial charge in [-0.3, -0.25) is 4.57 Å². The molecule has 1 fully saturated rings. The minimum atomic E-state index is 0.316. The number of aryl methyl sites for hydroxylation is 1. The van der Waals surface area contributed by atoms with Crippen LogP contribution in [0.4, 0.5) is 5.69 Å². The fourth-order valence-corrected chi connectivity index (χ4v) is 2.88. The van der Waals surface area contributed by atoms with Gasteiger partial charge in [0.2, 0.25) is 0 Å². The number of anilines is 1. The predicted octanol–water partition coefficient (Wildman–Crippen LogP) is 2.26. The molecule has 20 heavy (non-hydrogen) atoms. The van der Waals surface area contributed by atoms with Crippen molar-refractivity contribution in [1.29, 1.82) is 0 Å². The Morgan fingerprint density at radius 3 is 2.95 bits per heavy atom. The Balaban J connectivity index is 1.85. The SMILES string of the molecule is Cc1nccn1-c1ncccc1NC1CCCC(N)C1. The molecular formula is C15H21N5. The molecule has 0 amide bonds. The minimum Gasteiger partial charge on any atom is -0.379 e. The molecule has 2 heterocycles. The standard InChI is InChI=1S/C15H21N5/c1-11-17-8-9-20(11)15-14(6-3-7-18-15)19-13-5-2-4-12(16)10-13/h3,6-9,12-13,19H,2,4-5,10,16H2,1H3. The fraction of sp³-hybridized carbons (Fsp3) is 0.467. The zero-order valence-electron chi connectivity index (χ0n) is 11.8. The highest BCUT2D eigenvalue weighted by Gasteiger charge is 2.20. The number of hydrogen-bond acceptors (Lipinski definition) is 4. The van der Waals surface area contributed by atoms with Crippen LogP contribution in [0.5, 0.6) is 0 Å². The van der Waals surface area contributed by atoms with Gasteiger partial charge in [-0.05, 0) is 44.7 Å². The number of pyridine rings is 1. The van der Waals surface area contributed by atoms with Gasteiger partial charge in [0.1, 0.15) is 5.82 Å². The zero-order chi connectivity index (χ0) is 13.9. The van der Waals surface area contributed by atoms with E-state index in [4.69, 9.17) is 5.73 Å². The quantitative estimate of drug-likeness (QED) is 0.898. The van der Waals surface area contributed by atoms with E-state index in [0.29, 0.717) is 12.1 Å². The first-order valence-corrected chi connectivity index (χ1v) is 7.21. The molecule has 0 aromatic carbocycles. The molecule has 1 aliphatic carbocycles. The van der Waals surface area contributed by atoms with E-state index in [1.165, 1.54) is 12.8 Å². The molecule has 0 radical (unpaired) electrons. The first kappa shape index (κ1) is 13.1. The van der Waals surface area contributed by atoms with E-state index in [0.717, 1.165) is 30.2 Å². The maximum Gasteiger partial charge on any atom is 0.161 e. The lowest BCUT2D eigenvalue weighted by Crippen LogP contribution is -2.35. The smallest absolute Gasteiger partial charge is 0.161 e. The van der Waals surface area contributed by atoms with E-state index in [1.54, 1.807) is 6.20 Å². The van der Waals surface area contributed by atoms with Crippen molar-refractivity contribution >= 4 is 5.69 Å². The van der Waals surface area contributed by atoms with Crippen molar-refractivity contribution in [2.24, 2.45) is 5.73 Å². The predicted molar refractivity (Wildman–Crippen MR) is 80.0 cm³/mol. The van der Waals surface area contributed by atoms with Crippen molar-refractivity contribution in [1.82, 2.24) is 14.5 Å². The maximum atomic E-state index is 6.06. The van der Waals surface area contributed by atoms with Crippen LogP contribution in [0.1, 0.15) is 31.5 Å². The van der Waals surface area contributed by atoms with Crippen molar-refractivity contribution in [3.05, 3.63) is 36.5 Å². The van der Waals surface area contributed by atoms with Gasteiger partial charge < -0.3 is 11.1 Å². The summed E-state index contributed by atoms with van der Waals surface area (Å²) >= 11 is 0. The molecule has 3 N–H and O–H groups in total. The summed E-state index contributed by atoms with van der Waals surface area (Å²) in [5, 5.41) is 3.60. The van der Waals surface area contributed by atoms with Crippen LogP contribution < -0.4 is 11.1 Å². The third kappa shape index (κ3) is 2.67. The Hall–Kier alpha value is -1.88. The fourth-order valence-electron chi connectivity index (χ4n) is 2.88. The molecule has 0 aliphatic heterocycles. The van der Waals surface area contributed by atoms with E-state index in [9.17, 15) is 0 Å². The van der Waals surface area contributed by atoms with Crippen molar-refractivity contribution in [2.75, 3.05) is 5.32 Å². The summed E-state index contributed by atoms with van der Waals surface area (Å²) in [5.41, 5.74) is 7.11. The second-order valence-corrected chi connectivity index (χ2v) is 5.49. The Bertz CT molecular complexity index is 577. The molecular weight excluding hydrogens is 250 g/mol. The van der Waals surface area contributed by atoms with E-state index < -0.39 is 0 Å². The van der Waals surface area contributed by atoms with Crippen LogP contribution in [0.15, 0.2) is 30.7 Å². The van der Waals surface area contributed by atoms with E-state index in [1.807, 2.05) is 30.0 Å². The normalized spacial score (nSPS) is 22.7. The van der Waals surface area contributed by atoms with Crippen LogP contribution in [0.3, 0.4) is 0 Å². The second-order valence-electron chi connectivity index (χ2n) is 5.49. The molecule has 1 aliphatic rings. The lowest BCUT2D eigenvalue weighted by atomic mass is 9.91. The average molecular weight is 271 g/mol. The Morgan fingerprint density at radius 2 is 2.20 bits per heavy atom. The van der Waals surface area contributed by atoms with Crippen LogP contribution in [0.2, 0.25) is 0 Å². The molecule has 2 atom stereocenters. The van der Waals surface area contributed by atoms with E-state index in [2.05, 4.69) is 21.4 Å². The number of nitrogens with two attached hydrogens (primary N) is 1. The lowest BCUT2D eigenvalue weighted by molar-refractivity contribution is 0.409. The number of nitrogens with zero attached hydrogens (tertiary/aromatic N) is 3. The van der Waals surface area contributed by atoms with Gasteiger partial charge in [0.15, 0.2) is 5.82 Å². The zero-order valence-corrected chi connectivity index (χ0v) is 11.8. The molecule has 0 spiro atoms. The number of aromatic nitrogens is 3. The van der Waals surface area contributed by atoms with Gasteiger partial charge in [-0.2, -0.15) is 0 Å². The Labute approximate surface area is 119 Å². The van der Waals surface area contributed by atoms with Gasteiger partial charge in [0.25, 0.3) is 0 Å². The second kappa shape index (κ2) is 5.63. The molecule has 1 saturated carbocycles. The van der Waals surface area contributed by atoms with Crippen LogP contribution in [0.25, 0.3) is 5.82 Å². The lowest BCUT2D eigenvalue weighted by Gasteiger charge is -2.28. The monoisotopic (exact) mass is 271 g/mol. The highest BCUT2D eigenvalue weighted by Crippen LogP contribution is 2.24. The van der Waals surface area contributed by atoms with Gasteiger partial charge in [0, 0.05) is 30.7 Å². The third-order valence-electron chi connectivity index (χ3n) is 3.92. The largest absolute Gasteiger partial charge is 0.379 e. The first-order chi connectivity index (χ1) is 9.74. The Kier molecular flexibility index (Phi) is 3.69. The van der Waals surface area contributed by atoms with Crippen molar-refractivity contribution in [3.63, 3.8) is 0 Å². The van der Waals surface area contributed by atoms with Gasteiger partial charge in [-0.15, -0.1) is 0 Å². The van der Waals surface area contributed by atoms with Crippen LogP contribution in [-0.2, 0) is 0 Å². The highest BCUT2D eigenvalue weighted by molar-refractivity contribution is 5.57. The molecule has 2 aromatic heterocycles. The molecule has 0 bridgehead atoms. The highest BCUT2D eigenvalue weighted by atomic mass is 15.1. The van der Waals surface area contributed by atoms with Gasteiger partial charge in [-0.1, -0.05) is 0 Å². The molecule has 5 nitrogen and oxygen atoms in total. The summed E-state index contributed by atoms with van der Waals surface area (Å²) in [4.78, 5) is 8.76. The van der Waals surface area contributed by atoms with Gasteiger partial charge >= 0.3 is 0 Å². The summed E-state index contributed by atoms with van der Waals surface area (Å²) in [6, 6.07) is 4.78. The van der Waals surface area contributed by atoms with Gasteiger partial charge in [0.05, 0.1) is 5.69 Å². The van der Waals surface area contributed by atoms with E-state index in [-0.39, 0.29) is 0 Å².